The molecule has 0 aliphatic heterocycles. The molecule has 3 heteroatoms. The number of hydrogen-bond donors (Lipinski definition) is 0. The Morgan fingerprint density at radius 3 is 1.75 bits per heavy atom. The van der Waals surface area contributed by atoms with Crippen molar-refractivity contribution in [3.8, 4) is 11.1 Å². The van der Waals surface area contributed by atoms with Gasteiger partial charge in [-0.05, 0) is 51.4 Å². The van der Waals surface area contributed by atoms with Gasteiger partial charge in [-0.3, -0.25) is 0 Å². The fourth-order valence-electron chi connectivity index (χ4n) is 1.44. The van der Waals surface area contributed by atoms with E-state index in [1.807, 2.05) is 24.3 Å². The number of rotatable bonds is 2. The minimum atomic E-state index is -1.14. The van der Waals surface area contributed by atoms with Gasteiger partial charge in [-0.1, -0.05) is 36.4 Å². The van der Waals surface area contributed by atoms with E-state index in [4.69, 9.17) is 0 Å². The number of hydrogen-bond acceptors (Lipinski definition) is 2. The lowest BCUT2D eigenvalue weighted by molar-refractivity contribution is -0.255. The van der Waals surface area contributed by atoms with Crippen LogP contribution in [-0.2, 0) is 0 Å². The molecular formula is C13H8IO2-. The lowest BCUT2D eigenvalue weighted by Crippen LogP contribution is -2.21. The molecule has 2 nitrogen and oxygen atoms in total. The standard InChI is InChI=1S/C13H9IO2/c14-12-7-5-10(6-8-12)9-1-3-11(4-2-9)13(15)16/h1-8H,(H,15,16)/p-1. The maximum absolute atomic E-state index is 10.6. The first-order valence-corrected chi connectivity index (χ1v) is 5.82. The predicted octanol–water partition coefficient (Wildman–Crippen LogP) is 2.32. The van der Waals surface area contributed by atoms with Crippen LogP contribution in [0.4, 0.5) is 0 Å². The molecule has 16 heavy (non-hydrogen) atoms. The molecule has 80 valence electrons. The summed E-state index contributed by atoms with van der Waals surface area (Å²) in [4.78, 5) is 10.6. The second kappa shape index (κ2) is 4.65. The van der Waals surface area contributed by atoms with Gasteiger partial charge < -0.3 is 9.90 Å². The zero-order valence-corrected chi connectivity index (χ0v) is 10.5. The summed E-state index contributed by atoms with van der Waals surface area (Å²) in [6, 6.07) is 14.7. The van der Waals surface area contributed by atoms with E-state index in [1.54, 1.807) is 24.3 Å². The van der Waals surface area contributed by atoms with Crippen LogP contribution in [0.5, 0.6) is 0 Å². The molecule has 0 atom stereocenters. The summed E-state index contributed by atoms with van der Waals surface area (Å²) in [7, 11) is 0. The smallest absolute Gasteiger partial charge is 0.0715 e. The van der Waals surface area contributed by atoms with Crippen LogP contribution in [0.2, 0.25) is 0 Å². The first-order valence-electron chi connectivity index (χ1n) is 4.74. The molecule has 0 spiro atoms. The van der Waals surface area contributed by atoms with Crippen molar-refractivity contribution < 1.29 is 9.90 Å². The second-order valence-corrected chi connectivity index (χ2v) is 4.62. The van der Waals surface area contributed by atoms with E-state index in [1.165, 1.54) is 3.57 Å². The average Bonchev–Trinajstić information content (AvgIpc) is 2.30. The molecule has 0 radical (unpaired) electrons. The molecule has 0 aliphatic carbocycles. The lowest BCUT2D eigenvalue weighted by atomic mass is 10.0. The molecule has 2 aromatic carbocycles. The van der Waals surface area contributed by atoms with Crippen molar-refractivity contribution in [3.63, 3.8) is 0 Å². The minimum absolute atomic E-state index is 0.203. The van der Waals surface area contributed by atoms with Gasteiger partial charge in [0.2, 0.25) is 0 Å². The van der Waals surface area contributed by atoms with Gasteiger partial charge >= 0.3 is 0 Å². The normalized spacial score (nSPS) is 10.1. The quantitative estimate of drug-likeness (QED) is 0.796. The van der Waals surface area contributed by atoms with E-state index in [2.05, 4.69) is 22.6 Å². The van der Waals surface area contributed by atoms with Crippen LogP contribution in [0.25, 0.3) is 11.1 Å². The molecule has 0 bridgehead atoms. The van der Waals surface area contributed by atoms with Crippen LogP contribution in [0.1, 0.15) is 10.4 Å². The van der Waals surface area contributed by atoms with E-state index < -0.39 is 5.97 Å². The fourth-order valence-corrected chi connectivity index (χ4v) is 1.80. The molecule has 0 amide bonds. The molecule has 0 saturated carbocycles. The van der Waals surface area contributed by atoms with Crippen LogP contribution in [0, 0.1) is 3.57 Å². The van der Waals surface area contributed by atoms with Gasteiger partial charge in [0, 0.05) is 3.57 Å². The Morgan fingerprint density at radius 1 is 0.875 bits per heavy atom. The number of carboxylic acid groups (broad SMARTS) is 1. The van der Waals surface area contributed by atoms with E-state index in [-0.39, 0.29) is 5.56 Å². The number of halogens is 1. The van der Waals surface area contributed by atoms with Gasteiger partial charge in [0.1, 0.15) is 0 Å². The molecule has 0 fully saturated rings. The van der Waals surface area contributed by atoms with Crippen molar-refractivity contribution in [2.45, 2.75) is 0 Å². The van der Waals surface area contributed by atoms with Crippen molar-refractivity contribution in [3.05, 3.63) is 57.7 Å². The summed E-state index contributed by atoms with van der Waals surface area (Å²) in [5.74, 6) is -1.14. The van der Waals surface area contributed by atoms with E-state index in [9.17, 15) is 9.90 Å². The molecule has 2 rings (SSSR count). The molecular weight excluding hydrogens is 315 g/mol. The summed E-state index contributed by atoms with van der Waals surface area (Å²) in [5.41, 5.74) is 2.28. The van der Waals surface area contributed by atoms with Gasteiger partial charge in [0.05, 0.1) is 5.97 Å². The third-order valence-corrected chi connectivity index (χ3v) is 3.02. The van der Waals surface area contributed by atoms with Crippen molar-refractivity contribution >= 4 is 28.6 Å². The third kappa shape index (κ3) is 2.41. The van der Waals surface area contributed by atoms with Crippen molar-refractivity contribution in [2.24, 2.45) is 0 Å². The van der Waals surface area contributed by atoms with Gasteiger partial charge in [-0.2, -0.15) is 0 Å². The minimum Gasteiger partial charge on any atom is -0.545 e. The monoisotopic (exact) mass is 323 g/mol. The highest BCUT2D eigenvalue weighted by Crippen LogP contribution is 2.20. The largest absolute Gasteiger partial charge is 0.545 e. The van der Waals surface area contributed by atoms with Crippen molar-refractivity contribution in [1.82, 2.24) is 0 Å². The molecule has 2 aromatic rings. The number of carbonyl (C=O) groups is 1. The Labute approximate surface area is 107 Å². The highest BCUT2D eigenvalue weighted by atomic mass is 127. The molecule has 0 aliphatic rings. The number of aromatic carboxylic acids is 1. The zero-order valence-electron chi connectivity index (χ0n) is 8.31. The first kappa shape index (κ1) is 11.1. The lowest BCUT2D eigenvalue weighted by Gasteiger charge is -2.05. The van der Waals surface area contributed by atoms with Gasteiger partial charge in [0.15, 0.2) is 0 Å². The number of benzene rings is 2. The summed E-state index contributed by atoms with van der Waals surface area (Å²) in [6.45, 7) is 0. The Bertz CT molecular complexity index is 500. The molecule has 0 unspecified atom stereocenters. The Kier molecular flexibility index (Phi) is 3.24. The summed E-state index contributed by atoms with van der Waals surface area (Å²) in [5, 5.41) is 10.6. The second-order valence-electron chi connectivity index (χ2n) is 3.37. The number of carbonyl (C=O) groups excluding carboxylic acids is 1. The van der Waals surface area contributed by atoms with Crippen LogP contribution in [0.3, 0.4) is 0 Å². The molecule has 0 saturated heterocycles. The number of carboxylic acids is 1. The fraction of sp³-hybridized carbons (Fsp3) is 0. The highest BCUT2D eigenvalue weighted by molar-refractivity contribution is 14.1. The van der Waals surface area contributed by atoms with Crippen LogP contribution >= 0.6 is 22.6 Å². The summed E-state index contributed by atoms with van der Waals surface area (Å²) in [6.07, 6.45) is 0. The predicted molar refractivity (Wildman–Crippen MR) is 68.9 cm³/mol. The Hall–Kier alpha value is -1.36. The highest BCUT2D eigenvalue weighted by Gasteiger charge is 1.98. The van der Waals surface area contributed by atoms with Gasteiger partial charge in [-0.25, -0.2) is 0 Å². The van der Waals surface area contributed by atoms with E-state index in [0.29, 0.717) is 0 Å². The topological polar surface area (TPSA) is 40.1 Å². The Morgan fingerprint density at radius 2 is 1.31 bits per heavy atom. The summed E-state index contributed by atoms with van der Waals surface area (Å²) >= 11 is 2.24. The first-order chi connectivity index (χ1) is 7.66. The van der Waals surface area contributed by atoms with Crippen molar-refractivity contribution in [2.75, 3.05) is 0 Å². The van der Waals surface area contributed by atoms with Crippen molar-refractivity contribution in [1.29, 1.82) is 0 Å². The third-order valence-electron chi connectivity index (χ3n) is 2.30. The van der Waals surface area contributed by atoms with Gasteiger partial charge in [-0.15, -0.1) is 0 Å². The maximum Gasteiger partial charge on any atom is 0.0715 e. The molecule has 0 aromatic heterocycles. The van der Waals surface area contributed by atoms with Gasteiger partial charge in [0.25, 0.3) is 0 Å². The zero-order chi connectivity index (χ0) is 11.5. The average molecular weight is 323 g/mol. The van der Waals surface area contributed by atoms with Crippen LogP contribution in [0.15, 0.2) is 48.5 Å². The Balaban J connectivity index is 2.34. The van der Waals surface area contributed by atoms with Crippen LogP contribution < -0.4 is 5.11 Å². The summed E-state index contributed by atoms with van der Waals surface area (Å²) < 4.78 is 1.17. The molecule has 0 heterocycles. The molecule has 0 N–H and O–H groups in total. The van der Waals surface area contributed by atoms with Crippen LogP contribution in [-0.4, -0.2) is 5.97 Å². The SMILES string of the molecule is O=C([O-])c1ccc(-c2ccc(I)cc2)cc1. The van der Waals surface area contributed by atoms with E-state index >= 15 is 0 Å². The van der Waals surface area contributed by atoms with E-state index in [0.717, 1.165) is 11.1 Å². The maximum atomic E-state index is 10.6.